The third-order valence-corrected chi connectivity index (χ3v) is 2.49. The van der Waals surface area contributed by atoms with Crippen molar-refractivity contribution >= 4 is 0 Å². The third-order valence-electron chi connectivity index (χ3n) is 2.49. The molecule has 1 aromatic rings. The molecule has 70 valence electrons. The standard InChI is InChI=1S/C10H13NO2/c1-11-3-2-7-4-8(12)5-10(13)9(7)6-11/h4-5,12-13H,2-3,6H2,1H3. The minimum absolute atomic E-state index is 0.154. The number of likely N-dealkylation sites (N-methyl/N-ethyl adjacent to an activating group) is 1. The van der Waals surface area contributed by atoms with E-state index in [1.165, 1.54) is 6.07 Å². The van der Waals surface area contributed by atoms with E-state index in [1.54, 1.807) is 6.07 Å². The Bertz CT molecular complexity index is 336. The maximum atomic E-state index is 9.57. The zero-order chi connectivity index (χ0) is 9.42. The summed E-state index contributed by atoms with van der Waals surface area (Å²) in [5.41, 5.74) is 2.02. The van der Waals surface area contributed by atoms with Crippen molar-refractivity contribution in [2.24, 2.45) is 0 Å². The Labute approximate surface area is 77.2 Å². The lowest BCUT2D eigenvalue weighted by Gasteiger charge is -2.25. The molecular weight excluding hydrogens is 166 g/mol. The zero-order valence-corrected chi connectivity index (χ0v) is 7.62. The van der Waals surface area contributed by atoms with E-state index >= 15 is 0 Å². The second-order valence-corrected chi connectivity index (χ2v) is 3.59. The summed E-state index contributed by atoms with van der Waals surface area (Å²) in [6.45, 7) is 1.75. The van der Waals surface area contributed by atoms with Crippen molar-refractivity contribution in [2.45, 2.75) is 13.0 Å². The van der Waals surface area contributed by atoms with Gasteiger partial charge in [0.25, 0.3) is 0 Å². The molecule has 1 aromatic carbocycles. The van der Waals surface area contributed by atoms with Gasteiger partial charge in [0.05, 0.1) is 0 Å². The quantitative estimate of drug-likeness (QED) is 0.626. The van der Waals surface area contributed by atoms with Gasteiger partial charge >= 0.3 is 0 Å². The Kier molecular flexibility index (Phi) is 1.88. The number of aromatic hydroxyl groups is 2. The molecule has 0 unspecified atom stereocenters. The minimum atomic E-state index is 0.154. The van der Waals surface area contributed by atoms with Gasteiger partial charge in [-0.05, 0) is 25.1 Å². The third kappa shape index (κ3) is 1.47. The molecule has 3 heteroatoms. The summed E-state index contributed by atoms with van der Waals surface area (Å²) >= 11 is 0. The Hall–Kier alpha value is -1.22. The number of rotatable bonds is 0. The van der Waals surface area contributed by atoms with Crippen LogP contribution in [0, 0.1) is 0 Å². The molecule has 0 saturated heterocycles. The van der Waals surface area contributed by atoms with Gasteiger partial charge in [0.1, 0.15) is 11.5 Å². The minimum Gasteiger partial charge on any atom is -0.508 e. The first-order valence-corrected chi connectivity index (χ1v) is 4.39. The molecule has 0 amide bonds. The first kappa shape index (κ1) is 8.38. The Morgan fingerprint density at radius 3 is 2.85 bits per heavy atom. The summed E-state index contributed by atoms with van der Waals surface area (Å²) in [7, 11) is 2.02. The SMILES string of the molecule is CN1CCc2cc(O)cc(O)c2C1. The highest BCUT2D eigenvalue weighted by atomic mass is 16.3. The second kappa shape index (κ2) is 2.92. The van der Waals surface area contributed by atoms with Crippen LogP contribution in [0.5, 0.6) is 11.5 Å². The zero-order valence-electron chi connectivity index (χ0n) is 7.62. The Morgan fingerprint density at radius 1 is 1.31 bits per heavy atom. The van der Waals surface area contributed by atoms with Crippen molar-refractivity contribution < 1.29 is 10.2 Å². The molecular formula is C10H13NO2. The first-order valence-electron chi connectivity index (χ1n) is 4.39. The molecule has 0 bridgehead atoms. The summed E-state index contributed by atoms with van der Waals surface area (Å²) in [5, 5.41) is 18.8. The van der Waals surface area contributed by atoms with Gasteiger partial charge in [0.2, 0.25) is 0 Å². The smallest absolute Gasteiger partial charge is 0.124 e. The van der Waals surface area contributed by atoms with Crippen LogP contribution in [0.3, 0.4) is 0 Å². The molecule has 1 heterocycles. The van der Waals surface area contributed by atoms with E-state index in [0.29, 0.717) is 0 Å². The molecule has 13 heavy (non-hydrogen) atoms. The van der Waals surface area contributed by atoms with Gasteiger partial charge in [-0.3, -0.25) is 0 Å². The number of nitrogens with zero attached hydrogens (tertiary/aromatic N) is 1. The van der Waals surface area contributed by atoms with Crippen molar-refractivity contribution in [3.05, 3.63) is 23.3 Å². The van der Waals surface area contributed by atoms with E-state index in [2.05, 4.69) is 4.90 Å². The van der Waals surface area contributed by atoms with Crippen molar-refractivity contribution in [3.8, 4) is 11.5 Å². The van der Waals surface area contributed by atoms with Crippen molar-refractivity contribution in [1.29, 1.82) is 0 Å². The largest absolute Gasteiger partial charge is 0.508 e. The van der Waals surface area contributed by atoms with E-state index in [9.17, 15) is 10.2 Å². The molecule has 0 radical (unpaired) electrons. The van der Waals surface area contributed by atoms with Crippen LogP contribution in [0.4, 0.5) is 0 Å². The van der Waals surface area contributed by atoms with Crippen LogP contribution in [0.1, 0.15) is 11.1 Å². The number of phenols is 2. The van der Waals surface area contributed by atoms with E-state index in [1.807, 2.05) is 7.05 Å². The summed E-state index contributed by atoms with van der Waals surface area (Å²) in [5.74, 6) is 0.363. The van der Waals surface area contributed by atoms with Gasteiger partial charge in [0.15, 0.2) is 0 Å². The van der Waals surface area contributed by atoms with Crippen molar-refractivity contribution in [3.63, 3.8) is 0 Å². The summed E-state index contributed by atoms with van der Waals surface area (Å²) in [6.07, 6.45) is 0.897. The number of hydrogen-bond donors (Lipinski definition) is 2. The molecule has 0 aliphatic carbocycles. The lowest BCUT2D eigenvalue weighted by molar-refractivity contribution is 0.303. The predicted octanol–water partition coefficient (Wildman–Crippen LogP) is 1.09. The van der Waals surface area contributed by atoms with E-state index in [4.69, 9.17) is 0 Å². The number of hydrogen-bond acceptors (Lipinski definition) is 3. The summed E-state index contributed by atoms with van der Waals surface area (Å²) in [6, 6.07) is 3.14. The predicted molar refractivity (Wildman–Crippen MR) is 49.8 cm³/mol. The summed E-state index contributed by atoms with van der Waals surface area (Å²) in [4.78, 5) is 2.15. The molecule has 1 aliphatic rings. The van der Waals surface area contributed by atoms with Crippen LogP contribution in [0.15, 0.2) is 12.1 Å². The van der Waals surface area contributed by atoms with Gasteiger partial charge in [0, 0.05) is 24.7 Å². The molecule has 0 fully saturated rings. The van der Waals surface area contributed by atoms with Crippen LogP contribution in [0.2, 0.25) is 0 Å². The van der Waals surface area contributed by atoms with Crippen LogP contribution in [-0.4, -0.2) is 28.7 Å². The normalized spacial score (nSPS) is 17.0. The maximum absolute atomic E-state index is 9.57. The molecule has 2 rings (SSSR count). The number of fused-ring (bicyclic) bond motifs is 1. The Morgan fingerprint density at radius 2 is 2.08 bits per heavy atom. The molecule has 0 spiro atoms. The highest BCUT2D eigenvalue weighted by Gasteiger charge is 2.17. The van der Waals surface area contributed by atoms with E-state index in [-0.39, 0.29) is 11.5 Å². The molecule has 0 atom stereocenters. The van der Waals surface area contributed by atoms with Crippen molar-refractivity contribution in [2.75, 3.05) is 13.6 Å². The van der Waals surface area contributed by atoms with Crippen LogP contribution < -0.4 is 0 Å². The van der Waals surface area contributed by atoms with E-state index in [0.717, 1.165) is 30.6 Å². The van der Waals surface area contributed by atoms with Gasteiger partial charge in [-0.25, -0.2) is 0 Å². The molecule has 1 aliphatic heterocycles. The van der Waals surface area contributed by atoms with Gasteiger partial charge in [-0.15, -0.1) is 0 Å². The fourth-order valence-electron chi connectivity index (χ4n) is 1.76. The Balaban J connectivity index is 2.47. The van der Waals surface area contributed by atoms with Gasteiger partial charge < -0.3 is 15.1 Å². The highest BCUT2D eigenvalue weighted by Crippen LogP contribution is 2.30. The van der Waals surface area contributed by atoms with Crippen LogP contribution >= 0.6 is 0 Å². The average molecular weight is 179 g/mol. The van der Waals surface area contributed by atoms with Crippen molar-refractivity contribution in [1.82, 2.24) is 4.90 Å². The fraction of sp³-hybridized carbons (Fsp3) is 0.400. The molecule has 0 aromatic heterocycles. The molecule has 0 saturated carbocycles. The average Bonchev–Trinajstić information content (AvgIpc) is 2.06. The summed E-state index contributed by atoms with van der Waals surface area (Å²) < 4.78 is 0. The fourth-order valence-corrected chi connectivity index (χ4v) is 1.76. The second-order valence-electron chi connectivity index (χ2n) is 3.59. The molecule has 2 N–H and O–H groups in total. The lowest BCUT2D eigenvalue weighted by atomic mass is 9.99. The van der Waals surface area contributed by atoms with Crippen LogP contribution in [-0.2, 0) is 13.0 Å². The maximum Gasteiger partial charge on any atom is 0.124 e. The topological polar surface area (TPSA) is 43.7 Å². The number of benzene rings is 1. The van der Waals surface area contributed by atoms with Crippen LogP contribution in [0.25, 0.3) is 0 Å². The first-order chi connectivity index (χ1) is 6.16. The van der Waals surface area contributed by atoms with Gasteiger partial charge in [-0.1, -0.05) is 0 Å². The monoisotopic (exact) mass is 179 g/mol. The highest BCUT2D eigenvalue weighted by molar-refractivity contribution is 5.46. The number of phenolic OH excluding ortho intramolecular Hbond substituents is 2. The molecule has 3 nitrogen and oxygen atoms in total. The lowest BCUT2D eigenvalue weighted by Crippen LogP contribution is -2.26. The van der Waals surface area contributed by atoms with E-state index < -0.39 is 0 Å². The van der Waals surface area contributed by atoms with Gasteiger partial charge in [-0.2, -0.15) is 0 Å².